The summed E-state index contributed by atoms with van der Waals surface area (Å²) in [4.78, 5) is 50.6. The largest absolute Gasteiger partial charge is 0.497 e. The average molecular weight is 359 g/mol. The highest BCUT2D eigenvalue weighted by Gasteiger charge is 2.61. The number of carbonyl (C=O) groups excluding carboxylic acids is 4. The summed E-state index contributed by atoms with van der Waals surface area (Å²) < 4.78 is 9.76. The third-order valence-corrected chi connectivity index (χ3v) is 4.41. The molecule has 9 heteroatoms. The third kappa shape index (κ3) is 2.52. The fraction of sp³-hybridized carbons (Fsp3) is 0.353. The maximum absolute atomic E-state index is 13.2. The summed E-state index contributed by atoms with van der Waals surface area (Å²) in [5.41, 5.74) is -1.29. The molecule has 1 aromatic carbocycles. The second kappa shape index (κ2) is 6.25. The van der Waals surface area contributed by atoms with Crippen LogP contribution in [0.5, 0.6) is 5.75 Å². The van der Waals surface area contributed by atoms with Gasteiger partial charge in [0.1, 0.15) is 11.5 Å². The molecule has 136 valence electrons. The van der Waals surface area contributed by atoms with Crippen molar-refractivity contribution in [3.8, 4) is 5.75 Å². The Balaban J connectivity index is 2.01. The molecule has 26 heavy (non-hydrogen) atoms. The van der Waals surface area contributed by atoms with Gasteiger partial charge in [0, 0.05) is 19.4 Å². The summed E-state index contributed by atoms with van der Waals surface area (Å²) in [6, 6.07) is 6.46. The van der Waals surface area contributed by atoms with Gasteiger partial charge in [0.05, 0.1) is 26.3 Å². The number of hydrogen-bond donors (Lipinski definition) is 0. The van der Waals surface area contributed by atoms with Gasteiger partial charge in [-0.1, -0.05) is 6.07 Å². The summed E-state index contributed by atoms with van der Waals surface area (Å²) in [5, 5.41) is 4.86. The van der Waals surface area contributed by atoms with Gasteiger partial charge in [-0.25, -0.2) is 14.7 Å². The lowest BCUT2D eigenvalue weighted by Gasteiger charge is -2.28. The molecule has 1 fully saturated rings. The summed E-state index contributed by atoms with van der Waals surface area (Å²) in [6.07, 6.45) is -0.448. The third-order valence-electron chi connectivity index (χ3n) is 4.41. The van der Waals surface area contributed by atoms with Crippen LogP contribution in [0.4, 0.5) is 5.69 Å². The number of rotatable bonds is 3. The van der Waals surface area contributed by atoms with E-state index in [0.717, 1.165) is 9.91 Å². The molecule has 2 aliphatic rings. The van der Waals surface area contributed by atoms with E-state index >= 15 is 0 Å². The van der Waals surface area contributed by atoms with Gasteiger partial charge < -0.3 is 9.47 Å². The fourth-order valence-corrected chi connectivity index (χ4v) is 3.25. The Hall–Kier alpha value is -3.23. The number of hydrogen-bond acceptors (Lipinski definition) is 7. The van der Waals surface area contributed by atoms with E-state index in [1.54, 1.807) is 24.3 Å². The lowest BCUT2D eigenvalue weighted by molar-refractivity contribution is -0.141. The first-order valence-corrected chi connectivity index (χ1v) is 7.82. The number of ether oxygens (including phenoxy) is 2. The van der Waals surface area contributed by atoms with E-state index in [-0.39, 0.29) is 18.6 Å². The first-order valence-electron chi connectivity index (χ1n) is 7.82. The van der Waals surface area contributed by atoms with E-state index in [9.17, 15) is 19.2 Å². The lowest BCUT2D eigenvalue weighted by Crippen LogP contribution is -2.51. The fourth-order valence-electron chi connectivity index (χ4n) is 3.25. The van der Waals surface area contributed by atoms with Crippen molar-refractivity contribution in [1.29, 1.82) is 0 Å². The van der Waals surface area contributed by atoms with Crippen molar-refractivity contribution in [3.05, 3.63) is 24.3 Å². The molecule has 3 rings (SSSR count). The van der Waals surface area contributed by atoms with Crippen LogP contribution in [0.1, 0.15) is 19.8 Å². The van der Waals surface area contributed by atoms with E-state index < -0.39 is 29.2 Å². The van der Waals surface area contributed by atoms with Crippen LogP contribution in [0.2, 0.25) is 0 Å². The highest BCUT2D eigenvalue weighted by atomic mass is 16.5. The van der Waals surface area contributed by atoms with E-state index in [2.05, 4.69) is 9.84 Å². The Bertz CT molecular complexity index is 849. The van der Waals surface area contributed by atoms with Crippen LogP contribution in [0, 0.1) is 0 Å². The normalized spacial score (nSPS) is 22.0. The molecule has 0 radical (unpaired) electrons. The van der Waals surface area contributed by atoms with Gasteiger partial charge in [-0.05, 0) is 12.1 Å². The topological polar surface area (TPSA) is 106 Å². The molecule has 3 amide bonds. The van der Waals surface area contributed by atoms with Crippen LogP contribution in [0.3, 0.4) is 0 Å². The van der Waals surface area contributed by atoms with Crippen molar-refractivity contribution in [2.75, 3.05) is 19.1 Å². The molecular formula is C17H17N3O6. The highest BCUT2D eigenvalue weighted by Crippen LogP contribution is 2.41. The summed E-state index contributed by atoms with van der Waals surface area (Å²) in [6.45, 7) is 1.22. The first kappa shape index (κ1) is 17.6. The van der Waals surface area contributed by atoms with Gasteiger partial charge in [-0.15, -0.1) is 0 Å². The molecule has 0 aliphatic carbocycles. The molecular weight excluding hydrogens is 342 g/mol. The Morgan fingerprint density at radius 1 is 1.19 bits per heavy atom. The van der Waals surface area contributed by atoms with Crippen molar-refractivity contribution in [2.45, 2.75) is 25.3 Å². The van der Waals surface area contributed by atoms with E-state index in [4.69, 9.17) is 4.74 Å². The SMILES string of the molecule is COC(=O)C1=NN(C(C)=O)C2(CC(=O)N(c3cccc(OC)c3)C2=O)C1. The van der Waals surface area contributed by atoms with Crippen molar-refractivity contribution in [1.82, 2.24) is 5.01 Å². The zero-order chi connectivity index (χ0) is 19.1. The van der Waals surface area contributed by atoms with Gasteiger partial charge in [-0.2, -0.15) is 5.10 Å². The maximum atomic E-state index is 13.2. The molecule has 1 spiro atoms. The Morgan fingerprint density at radius 2 is 1.92 bits per heavy atom. The van der Waals surface area contributed by atoms with Crippen molar-refractivity contribution < 1.29 is 28.7 Å². The molecule has 2 heterocycles. The van der Waals surface area contributed by atoms with Crippen molar-refractivity contribution >= 4 is 35.1 Å². The van der Waals surface area contributed by atoms with E-state index in [1.165, 1.54) is 21.1 Å². The number of benzene rings is 1. The second-order valence-electron chi connectivity index (χ2n) is 5.99. The number of nitrogens with zero attached hydrogens (tertiary/aromatic N) is 3. The molecule has 2 aliphatic heterocycles. The summed E-state index contributed by atoms with van der Waals surface area (Å²) in [7, 11) is 2.65. The maximum Gasteiger partial charge on any atom is 0.354 e. The van der Waals surface area contributed by atoms with Gasteiger partial charge >= 0.3 is 5.97 Å². The van der Waals surface area contributed by atoms with Gasteiger partial charge in [0.25, 0.3) is 5.91 Å². The standard InChI is InChI=1S/C17H17N3O6/c1-10(21)20-17(8-13(18-20)15(23)26-3)9-14(22)19(16(17)24)11-5-4-6-12(7-11)25-2/h4-7H,8-9H2,1-3H3. The van der Waals surface area contributed by atoms with Crippen LogP contribution >= 0.6 is 0 Å². The second-order valence-corrected chi connectivity index (χ2v) is 5.99. The molecule has 0 aromatic heterocycles. The van der Waals surface area contributed by atoms with Crippen LogP contribution in [-0.2, 0) is 23.9 Å². The van der Waals surface area contributed by atoms with Crippen LogP contribution in [0.15, 0.2) is 29.4 Å². The zero-order valence-electron chi connectivity index (χ0n) is 14.5. The molecule has 1 aromatic rings. The van der Waals surface area contributed by atoms with Gasteiger partial charge in [0.15, 0.2) is 5.54 Å². The van der Waals surface area contributed by atoms with E-state index in [1.807, 2.05) is 0 Å². The Kier molecular flexibility index (Phi) is 4.23. The molecule has 0 N–H and O–H groups in total. The first-order chi connectivity index (χ1) is 12.3. The smallest absolute Gasteiger partial charge is 0.354 e. The minimum Gasteiger partial charge on any atom is -0.497 e. The lowest BCUT2D eigenvalue weighted by atomic mass is 9.91. The molecule has 1 saturated heterocycles. The monoisotopic (exact) mass is 359 g/mol. The number of methoxy groups -OCH3 is 2. The molecule has 0 saturated carbocycles. The molecule has 1 atom stereocenters. The zero-order valence-corrected chi connectivity index (χ0v) is 14.5. The quantitative estimate of drug-likeness (QED) is 0.574. The number of amides is 3. The van der Waals surface area contributed by atoms with Crippen molar-refractivity contribution in [3.63, 3.8) is 0 Å². The van der Waals surface area contributed by atoms with Gasteiger partial charge in [0.2, 0.25) is 11.8 Å². The Labute approximate surface area is 149 Å². The molecule has 9 nitrogen and oxygen atoms in total. The van der Waals surface area contributed by atoms with Crippen LogP contribution < -0.4 is 9.64 Å². The number of imide groups is 1. The van der Waals surface area contributed by atoms with Crippen molar-refractivity contribution in [2.24, 2.45) is 5.10 Å². The highest BCUT2D eigenvalue weighted by molar-refractivity contribution is 6.39. The van der Waals surface area contributed by atoms with E-state index in [0.29, 0.717) is 11.4 Å². The number of carbonyl (C=O) groups is 4. The minimum atomic E-state index is -1.55. The summed E-state index contributed by atoms with van der Waals surface area (Å²) in [5.74, 6) is -1.92. The average Bonchev–Trinajstić information content (AvgIpc) is 3.13. The summed E-state index contributed by atoms with van der Waals surface area (Å²) >= 11 is 0. The number of hydrazone groups is 1. The predicted molar refractivity (Wildman–Crippen MR) is 89.4 cm³/mol. The molecule has 0 bridgehead atoms. The number of anilines is 1. The number of esters is 1. The van der Waals surface area contributed by atoms with Gasteiger partial charge in [-0.3, -0.25) is 14.4 Å². The predicted octanol–water partition coefficient (Wildman–Crippen LogP) is 0.478. The Morgan fingerprint density at radius 3 is 2.54 bits per heavy atom. The minimum absolute atomic E-state index is 0.0728. The van der Waals surface area contributed by atoms with Crippen LogP contribution in [0.25, 0.3) is 0 Å². The molecule has 1 unspecified atom stereocenters. The van der Waals surface area contributed by atoms with Crippen LogP contribution in [-0.4, -0.2) is 54.2 Å².